The molecule has 1 heterocycles. The van der Waals surface area contributed by atoms with Crippen LogP contribution < -0.4 is 0 Å². The smallest absolute Gasteiger partial charge is 0.0637 e. The van der Waals surface area contributed by atoms with Crippen molar-refractivity contribution < 1.29 is 5.11 Å². The lowest BCUT2D eigenvalue weighted by molar-refractivity contribution is 0.136. The van der Waals surface area contributed by atoms with Gasteiger partial charge in [0.25, 0.3) is 0 Å². The summed E-state index contributed by atoms with van der Waals surface area (Å²) >= 11 is 0. The predicted molar refractivity (Wildman–Crippen MR) is 103 cm³/mol. The maximum atomic E-state index is 10.0. The lowest BCUT2D eigenvalue weighted by atomic mass is 9.98. The quantitative estimate of drug-likeness (QED) is 0.406. The van der Waals surface area contributed by atoms with Gasteiger partial charge in [-0.1, -0.05) is 82.1 Å². The Balaban J connectivity index is 1.29. The second-order valence-corrected chi connectivity index (χ2v) is 7.21. The van der Waals surface area contributed by atoms with Crippen molar-refractivity contribution in [3.63, 3.8) is 0 Å². The number of aromatic nitrogens is 1. The largest absolute Gasteiger partial charge is 0.392 e. The molecule has 0 fully saturated rings. The van der Waals surface area contributed by atoms with Gasteiger partial charge in [-0.2, -0.15) is 0 Å². The molecule has 2 heteroatoms. The molecule has 2 nitrogen and oxygen atoms in total. The minimum atomic E-state index is -0.175. The molecule has 0 saturated heterocycles. The average molecular weight is 330 g/mol. The number of allylic oxidation sites excluding steroid dienone is 2. The van der Waals surface area contributed by atoms with Gasteiger partial charge in [0.2, 0.25) is 0 Å². The molecule has 0 aliphatic heterocycles. The Hall–Kier alpha value is -1.28. The second-order valence-electron chi connectivity index (χ2n) is 7.21. The molecule has 2 rings (SSSR count). The van der Waals surface area contributed by atoms with Gasteiger partial charge >= 0.3 is 0 Å². The standard InChI is InChI=1S/C22H35NO/c24-22(21-14-11-12-15-21)16-10-8-6-4-2-1-3-5-7-9-13-20-17-18-23-19-20/h11-12,14-15,17-19,21-24H,1-10,13,16H2. The van der Waals surface area contributed by atoms with Crippen LogP contribution in [0, 0.1) is 5.92 Å². The summed E-state index contributed by atoms with van der Waals surface area (Å²) in [6.07, 6.45) is 27.8. The van der Waals surface area contributed by atoms with Crippen molar-refractivity contribution in [3.05, 3.63) is 48.3 Å². The molecular formula is C22H35NO. The minimum absolute atomic E-state index is 0.175. The lowest BCUT2D eigenvalue weighted by Crippen LogP contribution is -2.15. The van der Waals surface area contributed by atoms with Crippen molar-refractivity contribution >= 4 is 0 Å². The Labute approximate surface area is 148 Å². The van der Waals surface area contributed by atoms with Crippen LogP contribution in [0.25, 0.3) is 0 Å². The zero-order valence-corrected chi connectivity index (χ0v) is 15.1. The second kappa shape index (κ2) is 12.1. The van der Waals surface area contributed by atoms with Gasteiger partial charge in [0.05, 0.1) is 6.10 Å². The summed E-state index contributed by atoms with van der Waals surface area (Å²) in [4.78, 5) is 3.12. The molecule has 0 bridgehead atoms. The zero-order chi connectivity index (χ0) is 16.9. The Morgan fingerprint density at radius 3 is 2.00 bits per heavy atom. The highest BCUT2D eigenvalue weighted by atomic mass is 16.3. The molecular weight excluding hydrogens is 294 g/mol. The van der Waals surface area contributed by atoms with Gasteiger partial charge in [0, 0.05) is 18.3 Å². The molecule has 0 spiro atoms. The van der Waals surface area contributed by atoms with Crippen molar-refractivity contribution in [3.8, 4) is 0 Å². The predicted octanol–water partition coefficient (Wildman–Crippen LogP) is 5.95. The molecule has 0 radical (unpaired) electrons. The molecule has 1 aromatic heterocycles. The first kappa shape index (κ1) is 19.1. The van der Waals surface area contributed by atoms with E-state index >= 15 is 0 Å². The topological polar surface area (TPSA) is 36.0 Å². The SMILES string of the molecule is OC(CCCCCCCCCCCCc1cc[nH]c1)C1C=CC=C1. The van der Waals surface area contributed by atoms with Crippen LogP contribution in [0.2, 0.25) is 0 Å². The van der Waals surface area contributed by atoms with Crippen molar-refractivity contribution in [2.45, 2.75) is 83.2 Å². The molecule has 134 valence electrons. The van der Waals surface area contributed by atoms with Crippen molar-refractivity contribution in [1.29, 1.82) is 0 Å². The molecule has 1 aliphatic rings. The Morgan fingerprint density at radius 2 is 1.42 bits per heavy atom. The summed E-state index contributed by atoms with van der Waals surface area (Å²) in [5.41, 5.74) is 1.44. The van der Waals surface area contributed by atoms with E-state index in [1.165, 1.54) is 76.2 Å². The van der Waals surface area contributed by atoms with Gasteiger partial charge in [-0.3, -0.25) is 0 Å². The fourth-order valence-electron chi connectivity index (χ4n) is 3.51. The van der Waals surface area contributed by atoms with Gasteiger partial charge < -0.3 is 10.1 Å². The van der Waals surface area contributed by atoms with Crippen molar-refractivity contribution in [2.75, 3.05) is 0 Å². The van der Waals surface area contributed by atoms with Gasteiger partial charge in [-0.25, -0.2) is 0 Å². The molecule has 1 aromatic rings. The summed E-state index contributed by atoms with van der Waals surface area (Å²) < 4.78 is 0. The third-order valence-corrected chi connectivity index (χ3v) is 5.10. The van der Waals surface area contributed by atoms with Crippen LogP contribution in [0.3, 0.4) is 0 Å². The maximum Gasteiger partial charge on any atom is 0.0637 e. The van der Waals surface area contributed by atoms with E-state index in [-0.39, 0.29) is 12.0 Å². The molecule has 2 N–H and O–H groups in total. The third-order valence-electron chi connectivity index (χ3n) is 5.10. The van der Waals surface area contributed by atoms with E-state index in [2.05, 4.69) is 29.4 Å². The molecule has 1 aliphatic carbocycles. The van der Waals surface area contributed by atoms with E-state index < -0.39 is 0 Å². The molecule has 0 aromatic carbocycles. The van der Waals surface area contributed by atoms with E-state index in [0.717, 1.165) is 6.42 Å². The molecule has 0 amide bonds. The normalized spacial score (nSPS) is 15.4. The minimum Gasteiger partial charge on any atom is -0.392 e. The van der Waals surface area contributed by atoms with Crippen LogP contribution in [0.15, 0.2) is 42.8 Å². The lowest BCUT2D eigenvalue weighted by Gasteiger charge is -2.14. The number of aromatic amines is 1. The average Bonchev–Trinajstić information content (AvgIpc) is 3.29. The number of nitrogens with one attached hydrogen (secondary N) is 1. The van der Waals surface area contributed by atoms with Gasteiger partial charge in [0.1, 0.15) is 0 Å². The summed E-state index contributed by atoms with van der Waals surface area (Å²) in [6.45, 7) is 0. The summed E-state index contributed by atoms with van der Waals surface area (Å²) in [5, 5.41) is 10.0. The number of hydrogen-bond donors (Lipinski definition) is 2. The summed E-state index contributed by atoms with van der Waals surface area (Å²) in [5.74, 6) is 0.266. The van der Waals surface area contributed by atoms with Crippen molar-refractivity contribution in [1.82, 2.24) is 4.98 Å². The molecule has 24 heavy (non-hydrogen) atoms. The Morgan fingerprint density at radius 1 is 0.833 bits per heavy atom. The fourth-order valence-corrected chi connectivity index (χ4v) is 3.51. The van der Waals surface area contributed by atoms with Crippen LogP contribution in [-0.2, 0) is 6.42 Å². The third kappa shape index (κ3) is 8.01. The molecule has 0 saturated carbocycles. The van der Waals surface area contributed by atoms with E-state index in [0.29, 0.717) is 0 Å². The highest BCUT2D eigenvalue weighted by Crippen LogP contribution is 2.19. The molecule has 1 unspecified atom stereocenters. The zero-order valence-electron chi connectivity index (χ0n) is 15.1. The van der Waals surface area contributed by atoms with Crippen LogP contribution in [-0.4, -0.2) is 16.2 Å². The maximum absolute atomic E-state index is 10.0. The van der Waals surface area contributed by atoms with Gasteiger partial charge in [0.15, 0.2) is 0 Å². The number of rotatable bonds is 14. The highest BCUT2D eigenvalue weighted by molar-refractivity contribution is 5.18. The van der Waals surface area contributed by atoms with Crippen LogP contribution in [0.1, 0.15) is 76.2 Å². The van der Waals surface area contributed by atoms with E-state index in [1.807, 2.05) is 18.3 Å². The van der Waals surface area contributed by atoms with Crippen LogP contribution >= 0.6 is 0 Å². The number of H-pyrrole nitrogens is 1. The summed E-state index contributed by atoms with van der Waals surface area (Å²) in [6, 6.07) is 2.18. The van der Waals surface area contributed by atoms with E-state index in [4.69, 9.17) is 0 Å². The Bertz CT molecular complexity index is 448. The number of aryl methyl sites for hydroxylation is 1. The number of aliphatic hydroxyl groups excluding tert-OH is 1. The monoisotopic (exact) mass is 329 g/mol. The molecule has 1 atom stereocenters. The van der Waals surface area contributed by atoms with Crippen LogP contribution in [0.5, 0.6) is 0 Å². The number of unbranched alkanes of at least 4 members (excludes halogenated alkanes) is 9. The number of hydrogen-bond acceptors (Lipinski definition) is 1. The van der Waals surface area contributed by atoms with Crippen molar-refractivity contribution in [2.24, 2.45) is 5.92 Å². The van der Waals surface area contributed by atoms with Gasteiger partial charge in [-0.05, 0) is 30.9 Å². The highest BCUT2D eigenvalue weighted by Gasteiger charge is 2.14. The summed E-state index contributed by atoms with van der Waals surface area (Å²) in [7, 11) is 0. The first-order valence-corrected chi connectivity index (χ1v) is 10.0. The fraction of sp³-hybridized carbons (Fsp3) is 0.636. The van der Waals surface area contributed by atoms with Crippen LogP contribution in [0.4, 0.5) is 0 Å². The Kier molecular flexibility index (Phi) is 9.63. The van der Waals surface area contributed by atoms with E-state index in [1.54, 1.807) is 0 Å². The first-order chi connectivity index (χ1) is 11.9. The number of aliphatic hydroxyl groups is 1. The first-order valence-electron chi connectivity index (χ1n) is 10.0. The van der Waals surface area contributed by atoms with Gasteiger partial charge in [-0.15, -0.1) is 0 Å². The van der Waals surface area contributed by atoms with E-state index in [9.17, 15) is 5.11 Å².